The van der Waals surface area contributed by atoms with Gasteiger partial charge >= 0.3 is 11.9 Å². The molecule has 0 aliphatic carbocycles. The zero-order valence-corrected chi connectivity index (χ0v) is 47.0. The number of hydrogen-bond acceptors (Lipinski definition) is 5. The van der Waals surface area contributed by atoms with Crippen LogP contribution >= 0.6 is 0 Å². The van der Waals surface area contributed by atoms with E-state index in [1.165, 1.54) is 51.4 Å². The summed E-state index contributed by atoms with van der Waals surface area (Å²) < 4.78 is 10.7. The predicted molar refractivity (Wildman–Crippen MR) is 324 cm³/mol. The van der Waals surface area contributed by atoms with Gasteiger partial charge in [-0.15, -0.1) is 0 Å². The number of esters is 2. The summed E-state index contributed by atoms with van der Waals surface area (Å²) in [6.07, 6.45) is 98.6. The lowest BCUT2D eigenvalue weighted by Crippen LogP contribution is -2.28. The highest BCUT2D eigenvalue weighted by molar-refractivity contribution is 5.70. The first kappa shape index (κ1) is 69.0. The number of aliphatic hydroxyl groups is 1. The Morgan fingerprint density at radius 1 is 0.311 bits per heavy atom. The molecular formula is C69H106O5. The highest BCUT2D eigenvalue weighted by Crippen LogP contribution is 2.14. The van der Waals surface area contributed by atoms with Crippen molar-refractivity contribution in [2.75, 3.05) is 13.2 Å². The van der Waals surface area contributed by atoms with Crippen molar-refractivity contribution in [3.63, 3.8) is 0 Å². The number of allylic oxidation sites excluding steroid dienone is 30. The van der Waals surface area contributed by atoms with E-state index in [0.717, 1.165) is 141 Å². The van der Waals surface area contributed by atoms with Gasteiger partial charge in [-0.1, -0.05) is 254 Å². The third kappa shape index (κ3) is 59.6. The fraction of sp³-hybridized carbons (Fsp3) is 0.536. The molecule has 0 aliphatic heterocycles. The van der Waals surface area contributed by atoms with Crippen molar-refractivity contribution >= 4 is 11.9 Å². The molecule has 5 heteroatoms. The van der Waals surface area contributed by atoms with Gasteiger partial charge in [-0.25, -0.2) is 0 Å². The van der Waals surface area contributed by atoms with Gasteiger partial charge in [0.05, 0.1) is 6.61 Å². The summed E-state index contributed by atoms with van der Waals surface area (Å²) in [7, 11) is 0. The van der Waals surface area contributed by atoms with Crippen molar-refractivity contribution in [1.82, 2.24) is 0 Å². The maximum Gasteiger partial charge on any atom is 0.306 e. The average molecular weight is 1020 g/mol. The normalized spacial score (nSPS) is 13.6. The number of carbonyl (C=O) groups is 2. The summed E-state index contributed by atoms with van der Waals surface area (Å²) in [4.78, 5) is 24.5. The van der Waals surface area contributed by atoms with Crippen LogP contribution in [0.25, 0.3) is 0 Å². The van der Waals surface area contributed by atoms with Crippen molar-refractivity contribution < 1.29 is 24.2 Å². The SMILES string of the molecule is CC/C=C\C/C=C\C/C=C\C/C=C\C/C=C\C/C=C\C/C=C\C/C=C\CCCCCCCCCCCCC(=O)OC(CO)COC(=O)CCCCC/C=C\C/C=C\C/C=C\C/C=C\C/C=C\C/C=C\C/C=C\CC. The minimum Gasteiger partial charge on any atom is -0.462 e. The van der Waals surface area contributed by atoms with Crippen LogP contribution in [0, 0.1) is 0 Å². The van der Waals surface area contributed by atoms with E-state index >= 15 is 0 Å². The predicted octanol–water partition coefficient (Wildman–Crippen LogP) is 20.3. The molecule has 1 atom stereocenters. The van der Waals surface area contributed by atoms with Gasteiger partial charge in [0, 0.05) is 12.8 Å². The molecule has 1 N–H and O–H groups in total. The Kier molecular flexibility index (Phi) is 58.1. The van der Waals surface area contributed by atoms with Gasteiger partial charge in [-0.05, 0) is 135 Å². The molecule has 0 aromatic rings. The molecule has 0 bridgehead atoms. The van der Waals surface area contributed by atoms with Crippen molar-refractivity contribution in [3.8, 4) is 0 Å². The molecule has 0 aliphatic rings. The van der Waals surface area contributed by atoms with Crippen LogP contribution in [0.4, 0.5) is 0 Å². The molecule has 0 heterocycles. The molecule has 0 amide bonds. The lowest BCUT2D eigenvalue weighted by molar-refractivity contribution is -0.161. The topological polar surface area (TPSA) is 72.8 Å². The fourth-order valence-electron chi connectivity index (χ4n) is 7.37. The van der Waals surface area contributed by atoms with Crippen molar-refractivity contribution in [3.05, 3.63) is 182 Å². The first-order valence-corrected chi connectivity index (χ1v) is 29.3. The second kappa shape index (κ2) is 62.3. The molecule has 0 saturated heterocycles. The van der Waals surface area contributed by atoms with Crippen molar-refractivity contribution in [2.24, 2.45) is 0 Å². The molecule has 74 heavy (non-hydrogen) atoms. The van der Waals surface area contributed by atoms with Crippen LogP contribution in [0.15, 0.2) is 182 Å². The maximum atomic E-state index is 12.3. The van der Waals surface area contributed by atoms with Crippen LogP contribution in [0.5, 0.6) is 0 Å². The lowest BCUT2D eigenvalue weighted by atomic mass is 10.0. The Hall–Kier alpha value is -5.00. The van der Waals surface area contributed by atoms with E-state index in [4.69, 9.17) is 9.47 Å². The van der Waals surface area contributed by atoms with Crippen molar-refractivity contribution in [1.29, 1.82) is 0 Å². The van der Waals surface area contributed by atoms with Gasteiger partial charge in [-0.3, -0.25) is 9.59 Å². The summed E-state index contributed by atoms with van der Waals surface area (Å²) in [6.45, 7) is 3.87. The van der Waals surface area contributed by atoms with Crippen LogP contribution in [-0.4, -0.2) is 36.4 Å². The van der Waals surface area contributed by atoms with Gasteiger partial charge in [0.15, 0.2) is 6.10 Å². The summed E-state index contributed by atoms with van der Waals surface area (Å²) in [5, 5.41) is 9.66. The minimum atomic E-state index is -0.805. The monoisotopic (exact) mass is 1010 g/mol. The Balaban J connectivity index is 3.65. The summed E-state index contributed by atoms with van der Waals surface area (Å²) in [6, 6.07) is 0. The quantitative estimate of drug-likeness (QED) is 0.0373. The van der Waals surface area contributed by atoms with E-state index in [-0.39, 0.29) is 25.2 Å². The van der Waals surface area contributed by atoms with E-state index in [0.29, 0.717) is 12.8 Å². The number of unbranched alkanes of at least 4 members (excludes halogenated alkanes) is 13. The molecule has 0 fully saturated rings. The molecular weight excluding hydrogens is 909 g/mol. The molecule has 0 aromatic carbocycles. The van der Waals surface area contributed by atoms with E-state index in [2.05, 4.69) is 196 Å². The molecule has 412 valence electrons. The van der Waals surface area contributed by atoms with Crippen LogP contribution in [0.1, 0.15) is 219 Å². The van der Waals surface area contributed by atoms with Gasteiger partial charge in [-0.2, -0.15) is 0 Å². The zero-order chi connectivity index (χ0) is 53.4. The van der Waals surface area contributed by atoms with E-state index < -0.39 is 6.10 Å². The molecule has 1 unspecified atom stereocenters. The Bertz CT molecular complexity index is 1720. The van der Waals surface area contributed by atoms with Gasteiger partial charge in [0.25, 0.3) is 0 Å². The molecule has 0 spiro atoms. The third-order valence-electron chi connectivity index (χ3n) is 11.7. The number of aliphatic hydroxyl groups excluding tert-OH is 1. The van der Waals surface area contributed by atoms with Gasteiger partial charge in [0.1, 0.15) is 6.61 Å². The summed E-state index contributed by atoms with van der Waals surface area (Å²) in [5.41, 5.74) is 0. The first-order chi connectivity index (χ1) is 36.6. The van der Waals surface area contributed by atoms with Gasteiger partial charge < -0.3 is 14.6 Å². The van der Waals surface area contributed by atoms with E-state index in [1.54, 1.807) is 0 Å². The Morgan fingerprint density at radius 3 is 0.824 bits per heavy atom. The second-order valence-electron chi connectivity index (χ2n) is 18.6. The molecule has 0 rings (SSSR count). The van der Waals surface area contributed by atoms with E-state index in [1.807, 2.05) is 0 Å². The van der Waals surface area contributed by atoms with Gasteiger partial charge in [0.2, 0.25) is 0 Å². The van der Waals surface area contributed by atoms with Crippen LogP contribution < -0.4 is 0 Å². The van der Waals surface area contributed by atoms with E-state index in [9.17, 15) is 14.7 Å². The maximum absolute atomic E-state index is 12.3. The smallest absolute Gasteiger partial charge is 0.306 e. The molecule has 5 nitrogen and oxygen atoms in total. The first-order valence-electron chi connectivity index (χ1n) is 29.3. The lowest BCUT2D eigenvalue weighted by Gasteiger charge is -2.15. The Morgan fingerprint density at radius 2 is 0.541 bits per heavy atom. The highest BCUT2D eigenvalue weighted by Gasteiger charge is 2.16. The molecule has 0 radical (unpaired) electrons. The molecule has 0 saturated carbocycles. The third-order valence-corrected chi connectivity index (χ3v) is 11.7. The Labute approximate surface area is 455 Å². The second-order valence-corrected chi connectivity index (χ2v) is 18.6. The largest absolute Gasteiger partial charge is 0.462 e. The van der Waals surface area contributed by atoms with Crippen LogP contribution in [0.3, 0.4) is 0 Å². The average Bonchev–Trinajstić information content (AvgIpc) is 3.40. The standard InChI is InChI=1S/C69H106O5/c1-3-5-7-9-11-13-15-17-19-21-23-25-27-29-30-31-32-33-34-35-36-37-38-40-42-44-46-48-50-52-54-56-58-60-62-64-69(72)74-67(65-70)66-73-68(71)63-61-59-57-55-53-51-49-47-45-43-41-39-28-26-24-22-20-18-16-14-12-10-8-6-4-2/h5-8,11-14,17-20,23-26,29-30,32-33,35-36,38-41,45,47,51,53,67,70H,3-4,9-10,15-16,21-22,27-28,31,34,37,42-44,46,48-50,52,54-66H2,1-2H3/b7-5-,8-6-,13-11-,14-12-,19-17-,20-18-,25-23-,26-24-,30-29-,33-32-,36-35-,40-38-,41-39-,47-45-,53-51-. The zero-order valence-electron chi connectivity index (χ0n) is 47.0. The van der Waals surface area contributed by atoms with Crippen molar-refractivity contribution in [2.45, 2.75) is 225 Å². The van der Waals surface area contributed by atoms with Crippen LogP contribution in [-0.2, 0) is 19.1 Å². The van der Waals surface area contributed by atoms with Crippen LogP contribution in [0.2, 0.25) is 0 Å². The number of rotatable bonds is 51. The molecule has 0 aromatic heterocycles. The number of hydrogen-bond donors (Lipinski definition) is 1. The fourth-order valence-corrected chi connectivity index (χ4v) is 7.37. The summed E-state index contributed by atoms with van der Waals surface area (Å²) >= 11 is 0. The number of carbonyl (C=O) groups excluding carboxylic acids is 2. The highest BCUT2D eigenvalue weighted by atomic mass is 16.6. The minimum absolute atomic E-state index is 0.0977. The summed E-state index contributed by atoms with van der Waals surface area (Å²) in [5.74, 6) is -0.648. The number of ether oxygens (including phenoxy) is 2.